The first-order chi connectivity index (χ1) is 19.5. The van der Waals surface area contributed by atoms with E-state index in [1.54, 1.807) is 29.7 Å². The van der Waals surface area contributed by atoms with E-state index in [4.69, 9.17) is 4.74 Å². The van der Waals surface area contributed by atoms with Crippen LogP contribution in [0.3, 0.4) is 0 Å². The maximum absolute atomic E-state index is 15.1. The van der Waals surface area contributed by atoms with Crippen LogP contribution in [0.5, 0.6) is 11.5 Å². The van der Waals surface area contributed by atoms with Gasteiger partial charge in [-0.05, 0) is 79.9 Å². The van der Waals surface area contributed by atoms with Crippen LogP contribution in [-0.2, 0) is 6.42 Å². The van der Waals surface area contributed by atoms with Crippen LogP contribution in [0, 0.1) is 11.6 Å². The number of hydrogen-bond acceptors (Lipinski definition) is 7. The number of pyridine rings is 1. The van der Waals surface area contributed by atoms with Crippen LogP contribution in [0.2, 0.25) is 0 Å². The molecule has 202 valence electrons. The SMILES string of the molecule is O=C(Cc1ccc(Oc2ccnc3cc(C4CCNCC4)sc23)c(F)c1)c1nccn(-c2ccc(F)cc2)c1=O. The van der Waals surface area contributed by atoms with E-state index in [0.29, 0.717) is 22.9 Å². The zero-order valence-corrected chi connectivity index (χ0v) is 22.1. The molecule has 2 aromatic carbocycles. The summed E-state index contributed by atoms with van der Waals surface area (Å²) in [6.45, 7) is 1.97. The van der Waals surface area contributed by atoms with E-state index in [2.05, 4.69) is 21.4 Å². The maximum Gasteiger partial charge on any atom is 0.284 e. The Balaban J connectivity index is 1.20. The van der Waals surface area contributed by atoms with Crippen molar-refractivity contribution in [2.75, 3.05) is 13.1 Å². The average Bonchev–Trinajstić information content (AvgIpc) is 3.41. The average molecular weight is 559 g/mol. The minimum absolute atomic E-state index is 0.0250. The molecule has 1 N–H and O–H groups in total. The fourth-order valence-electron chi connectivity index (χ4n) is 4.85. The van der Waals surface area contributed by atoms with Crippen LogP contribution in [0.1, 0.15) is 39.7 Å². The van der Waals surface area contributed by atoms with Crippen LogP contribution >= 0.6 is 11.3 Å². The first-order valence-electron chi connectivity index (χ1n) is 12.9. The number of nitrogens with one attached hydrogen (secondary N) is 1. The van der Waals surface area contributed by atoms with E-state index in [-0.39, 0.29) is 17.9 Å². The fourth-order valence-corrected chi connectivity index (χ4v) is 6.09. The van der Waals surface area contributed by atoms with Gasteiger partial charge in [0.2, 0.25) is 0 Å². The van der Waals surface area contributed by atoms with Crippen molar-refractivity contribution in [1.29, 1.82) is 0 Å². The number of hydrogen-bond donors (Lipinski definition) is 1. The minimum atomic E-state index is -0.638. The highest BCUT2D eigenvalue weighted by molar-refractivity contribution is 7.19. The van der Waals surface area contributed by atoms with Crippen molar-refractivity contribution in [2.24, 2.45) is 0 Å². The second-order valence-electron chi connectivity index (χ2n) is 9.59. The molecule has 40 heavy (non-hydrogen) atoms. The van der Waals surface area contributed by atoms with Gasteiger partial charge in [0.05, 0.1) is 10.2 Å². The Morgan fingerprint density at radius 1 is 1.00 bits per heavy atom. The number of piperidine rings is 1. The summed E-state index contributed by atoms with van der Waals surface area (Å²) in [4.78, 5) is 35.5. The molecule has 5 aromatic rings. The van der Waals surface area contributed by atoms with Crippen molar-refractivity contribution in [3.63, 3.8) is 0 Å². The molecule has 3 aromatic heterocycles. The minimum Gasteiger partial charge on any atom is -0.453 e. The zero-order valence-electron chi connectivity index (χ0n) is 21.3. The largest absolute Gasteiger partial charge is 0.453 e. The van der Waals surface area contributed by atoms with Gasteiger partial charge in [-0.2, -0.15) is 0 Å². The van der Waals surface area contributed by atoms with Gasteiger partial charge in [0.25, 0.3) is 5.56 Å². The third-order valence-corrected chi connectivity index (χ3v) is 8.23. The summed E-state index contributed by atoms with van der Waals surface area (Å²) in [5, 5.41) is 3.38. The molecule has 0 amide bonds. The lowest BCUT2D eigenvalue weighted by molar-refractivity contribution is 0.0986. The number of halogens is 2. The molecular weight excluding hydrogens is 534 g/mol. The van der Waals surface area contributed by atoms with E-state index in [1.165, 1.54) is 58.2 Å². The number of aromatic nitrogens is 3. The molecule has 10 heteroatoms. The fraction of sp³-hybridized carbons (Fsp3) is 0.200. The van der Waals surface area contributed by atoms with Gasteiger partial charge in [-0.25, -0.2) is 13.8 Å². The molecule has 0 unspecified atom stereocenters. The summed E-state index contributed by atoms with van der Waals surface area (Å²) in [5.41, 5.74) is 0.669. The van der Waals surface area contributed by atoms with Gasteiger partial charge in [0, 0.05) is 41.6 Å². The van der Waals surface area contributed by atoms with E-state index < -0.39 is 23.0 Å². The molecule has 0 aliphatic carbocycles. The molecule has 0 spiro atoms. The lowest BCUT2D eigenvalue weighted by atomic mass is 9.96. The summed E-state index contributed by atoms with van der Waals surface area (Å²) in [5.74, 6) is -0.614. The standard InChI is InChI=1S/C30H24F2N4O3S/c31-20-2-4-21(5-3-20)36-14-13-35-28(30(36)38)24(37)16-18-1-6-25(22(32)15-18)39-26-9-12-34-23-17-27(40-29(23)26)19-7-10-33-11-8-19/h1-6,9,12-15,17,19,33H,7-8,10-11,16H2. The van der Waals surface area contributed by atoms with Gasteiger partial charge in [-0.3, -0.25) is 19.1 Å². The van der Waals surface area contributed by atoms with Crippen molar-refractivity contribution in [3.05, 3.63) is 111 Å². The summed E-state index contributed by atoms with van der Waals surface area (Å²) < 4.78 is 36.4. The molecule has 0 saturated carbocycles. The predicted octanol–water partition coefficient (Wildman–Crippen LogP) is 5.81. The van der Waals surface area contributed by atoms with E-state index in [0.717, 1.165) is 36.1 Å². The second-order valence-corrected chi connectivity index (χ2v) is 10.7. The lowest BCUT2D eigenvalue weighted by Crippen LogP contribution is -2.27. The number of Topliss-reactive ketones (excluding diaryl/α,β-unsaturated/α-hetero) is 1. The molecule has 4 heterocycles. The van der Waals surface area contributed by atoms with Gasteiger partial charge in [0.1, 0.15) is 11.6 Å². The third kappa shape index (κ3) is 5.28. The number of carbonyl (C=O) groups is 1. The molecule has 1 aliphatic heterocycles. The Hall–Kier alpha value is -4.28. The number of benzene rings is 2. The highest BCUT2D eigenvalue weighted by Crippen LogP contribution is 2.40. The van der Waals surface area contributed by atoms with Crippen molar-refractivity contribution >= 4 is 27.3 Å². The van der Waals surface area contributed by atoms with Crippen LogP contribution < -0.4 is 15.6 Å². The van der Waals surface area contributed by atoms with Gasteiger partial charge >= 0.3 is 0 Å². The van der Waals surface area contributed by atoms with Gasteiger partial charge in [-0.15, -0.1) is 11.3 Å². The van der Waals surface area contributed by atoms with Crippen molar-refractivity contribution in [3.8, 4) is 17.2 Å². The number of fused-ring (bicyclic) bond motifs is 1. The Kier molecular flexibility index (Phi) is 7.19. The monoisotopic (exact) mass is 558 g/mol. The molecule has 0 bridgehead atoms. The Labute approximate surface area is 232 Å². The highest BCUT2D eigenvalue weighted by atomic mass is 32.1. The molecule has 1 saturated heterocycles. The van der Waals surface area contributed by atoms with Crippen molar-refractivity contribution in [1.82, 2.24) is 19.9 Å². The summed E-state index contributed by atoms with van der Waals surface area (Å²) in [6, 6.07) is 13.4. The van der Waals surface area contributed by atoms with Gasteiger partial charge in [0.15, 0.2) is 23.0 Å². The summed E-state index contributed by atoms with van der Waals surface area (Å²) >= 11 is 1.63. The number of ether oxygens (including phenoxy) is 1. The first-order valence-corrected chi connectivity index (χ1v) is 13.7. The third-order valence-electron chi connectivity index (χ3n) is 6.93. The number of thiophene rings is 1. The molecule has 6 rings (SSSR count). The lowest BCUT2D eigenvalue weighted by Gasteiger charge is -2.21. The Morgan fingerprint density at radius 3 is 2.58 bits per heavy atom. The Morgan fingerprint density at radius 2 is 1.80 bits per heavy atom. The molecule has 1 aliphatic rings. The van der Waals surface area contributed by atoms with E-state index in [1.807, 2.05) is 0 Å². The highest BCUT2D eigenvalue weighted by Gasteiger charge is 2.20. The smallest absolute Gasteiger partial charge is 0.284 e. The van der Waals surface area contributed by atoms with Crippen LogP contribution in [0.25, 0.3) is 15.9 Å². The maximum atomic E-state index is 15.1. The van der Waals surface area contributed by atoms with E-state index in [9.17, 15) is 14.0 Å². The predicted molar refractivity (Wildman–Crippen MR) is 149 cm³/mol. The molecule has 0 radical (unpaired) electrons. The number of ketones is 1. The van der Waals surface area contributed by atoms with Crippen LogP contribution in [0.4, 0.5) is 8.78 Å². The number of nitrogens with zero attached hydrogens (tertiary/aromatic N) is 3. The zero-order chi connectivity index (χ0) is 27.6. The van der Waals surface area contributed by atoms with Gasteiger partial charge < -0.3 is 10.1 Å². The van der Waals surface area contributed by atoms with Gasteiger partial charge in [-0.1, -0.05) is 6.07 Å². The second kappa shape index (κ2) is 11.1. The van der Waals surface area contributed by atoms with E-state index >= 15 is 4.39 Å². The molecule has 1 fully saturated rings. The number of rotatable bonds is 7. The number of carbonyl (C=O) groups excluding carboxylic acids is 1. The van der Waals surface area contributed by atoms with Crippen molar-refractivity contribution < 1.29 is 18.3 Å². The molecule has 7 nitrogen and oxygen atoms in total. The normalized spacial score (nSPS) is 13.9. The Bertz CT molecular complexity index is 1760. The molecular formula is C30H24F2N4O3S. The molecule has 0 atom stereocenters. The van der Waals surface area contributed by atoms with Crippen LogP contribution in [-0.4, -0.2) is 33.4 Å². The first kappa shape index (κ1) is 26.0. The summed E-state index contributed by atoms with van der Waals surface area (Å²) in [6.07, 6.45) is 6.28. The quantitative estimate of drug-likeness (QED) is 0.254. The topological polar surface area (TPSA) is 86.1 Å². The van der Waals surface area contributed by atoms with Crippen molar-refractivity contribution in [2.45, 2.75) is 25.2 Å². The summed E-state index contributed by atoms with van der Waals surface area (Å²) in [7, 11) is 0. The van der Waals surface area contributed by atoms with Crippen LogP contribution in [0.15, 0.2) is 78.0 Å².